The maximum Gasteiger partial charge on any atom is 0.134 e. The highest BCUT2D eigenvalue weighted by molar-refractivity contribution is 5.79. The molecule has 0 unspecified atom stereocenters. The number of aromatic nitrogens is 1. The van der Waals surface area contributed by atoms with Crippen molar-refractivity contribution in [1.29, 1.82) is 0 Å². The summed E-state index contributed by atoms with van der Waals surface area (Å²) in [6, 6.07) is 9.37. The lowest BCUT2D eigenvalue weighted by molar-refractivity contribution is 0.474. The molecule has 0 spiro atoms. The van der Waals surface area contributed by atoms with Crippen molar-refractivity contribution in [2.24, 2.45) is 0 Å². The van der Waals surface area contributed by atoms with Gasteiger partial charge in [-0.3, -0.25) is 4.98 Å². The van der Waals surface area contributed by atoms with E-state index >= 15 is 0 Å². The van der Waals surface area contributed by atoms with Gasteiger partial charge in [-0.15, -0.1) is 0 Å². The number of hydrogen-bond donors (Lipinski definition) is 1. The summed E-state index contributed by atoms with van der Waals surface area (Å²) in [4.78, 5) is 4.03. The summed E-state index contributed by atoms with van der Waals surface area (Å²) < 4.78 is 0. The van der Waals surface area contributed by atoms with Gasteiger partial charge in [-0.25, -0.2) is 0 Å². The Labute approximate surface area is 81.0 Å². The molecule has 1 aromatic carbocycles. The molecule has 1 aromatic heterocycles. The number of aromatic hydroxyl groups is 1. The molecule has 0 saturated carbocycles. The van der Waals surface area contributed by atoms with Gasteiger partial charge in [0.2, 0.25) is 0 Å². The molecule has 0 bridgehead atoms. The molecular weight excluding hydrogens is 165 g/mol. The van der Waals surface area contributed by atoms with Crippen LogP contribution in [0.1, 0.15) is 0 Å². The predicted molar refractivity (Wildman–Crippen MR) is 49.2 cm³/mol. The lowest BCUT2D eigenvalue weighted by Gasteiger charge is -1.95. The van der Waals surface area contributed by atoms with E-state index in [-0.39, 0.29) is 23.1 Å². The zero-order chi connectivity index (χ0) is 7.68. The van der Waals surface area contributed by atoms with Crippen LogP contribution in [0.2, 0.25) is 0 Å². The van der Waals surface area contributed by atoms with E-state index in [0.29, 0.717) is 0 Å². The first-order valence-electron chi connectivity index (χ1n) is 3.40. The molecule has 57 valence electrons. The molecule has 3 heteroatoms. The summed E-state index contributed by atoms with van der Waals surface area (Å²) in [7, 11) is 0. The van der Waals surface area contributed by atoms with Crippen molar-refractivity contribution in [1.82, 2.24) is 4.98 Å². The van der Waals surface area contributed by atoms with Gasteiger partial charge >= 0.3 is 0 Å². The van der Waals surface area contributed by atoms with Gasteiger partial charge in [-0.2, -0.15) is 0 Å². The first-order valence-corrected chi connectivity index (χ1v) is 3.40. The Morgan fingerprint density at radius 2 is 1.92 bits per heavy atom. The van der Waals surface area contributed by atoms with Crippen molar-refractivity contribution in [3.05, 3.63) is 36.5 Å². The topological polar surface area (TPSA) is 33.1 Å². The Morgan fingerprint density at radius 3 is 2.75 bits per heavy atom. The zero-order valence-corrected chi connectivity index (χ0v) is 7.59. The number of para-hydroxylation sites is 1. The Hall–Kier alpha value is -1.04. The normalized spacial score (nSPS) is 9.33. The second-order valence-corrected chi connectivity index (χ2v) is 2.39. The molecule has 3 radical (unpaired) electrons. The maximum absolute atomic E-state index is 9.07. The maximum atomic E-state index is 9.07. The van der Waals surface area contributed by atoms with Gasteiger partial charge in [0.15, 0.2) is 0 Å². The Kier molecular flexibility index (Phi) is 2.70. The fraction of sp³-hybridized carbons (Fsp3) is 0. The van der Waals surface area contributed by atoms with E-state index in [9.17, 15) is 0 Å². The highest BCUT2D eigenvalue weighted by Gasteiger charge is 1.92. The summed E-state index contributed by atoms with van der Waals surface area (Å²) in [5.41, 5.74) is 0.908. The smallest absolute Gasteiger partial charge is 0.134 e. The molecule has 0 saturated heterocycles. The number of pyridine rings is 1. The number of nitrogens with zero attached hydrogens (tertiary/aromatic N) is 1. The van der Waals surface area contributed by atoms with Crippen LogP contribution in [-0.2, 0) is 0 Å². The molecule has 1 N–H and O–H groups in total. The minimum absolute atomic E-state index is 0. The molecule has 0 aliphatic heterocycles. The van der Waals surface area contributed by atoms with Crippen LogP contribution in [0.25, 0.3) is 10.9 Å². The first kappa shape index (κ1) is 9.05. The number of benzene rings is 1. The quantitative estimate of drug-likeness (QED) is 0.611. The molecule has 0 aliphatic rings. The third-order valence-corrected chi connectivity index (χ3v) is 1.58. The summed E-state index contributed by atoms with van der Waals surface area (Å²) in [6.07, 6.45) is 1.45. The van der Waals surface area contributed by atoms with E-state index in [1.54, 1.807) is 6.07 Å². The summed E-state index contributed by atoms with van der Waals surface area (Å²) >= 11 is 0. The lowest BCUT2D eigenvalue weighted by Crippen LogP contribution is -1.75. The first-order chi connectivity index (χ1) is 5.36. The van der Waals surface area contributed by atoms with Crippen LogP contribution in [0, 0.1) is 0 Å². The van der Waals surface area contributed by atoms with Crippen LogP contribution in [0.4, 0.5) is 0 Å². The minimum atomic E-state index is 0. The molecule has 12 heavy (non-hydrogen) atoms. The average Bonchev–Trinajstić information content (AvgIpc) is 2.04. The summed E-state index contributed by atoms with van der Waals surface area (Å²) in [6.45, 7) is 0. The Morgan fingerprint density at radius 1 is 1.17 bits per heavy atom. The second-order valence-electron chi connectivity index (χ2n) is 2.39. The monoisotopic (exact) mass is 172 g/mol. The van der Waals surface area contributed by atoms with Gasteiger partial charge in [-0.1, -0.05) is 18.2 Å². The highest BCUT2D eigenvalue weighted by Crippen LogP contribution is 2.15. The van der Waals surface area contributed by atoms with E-state index in [4.69, 9.17) is 5.11 Å². The Bertz CT molecular complexity index is 389. The van der Waals surface area contributed by atoms with E-state index < -0.39 is 0 Å². The van der Waals surface area contributed by atoms with Crippen LogP contribution < -0.4 is 0 Å². The molecule has 2 aromatic rings. The van der Waals surface area contributed by atoms with Gasteiger partial charge in [-0.05, 0) is 12.1 Å². The van der Waals surface area contributed by atoms with Crippen LogP contribution in [0.3, 0.4) is 0 Å². The van der Waals surface area contributed by atoms with Gasteiger partial charge in [0.05, 0.1) is 11.7 Å². The second kappa shape index (κ2) is 3.57. The van der Waals surface area contributed by atoms with E-state index in [1.807, 2.05) is 24.3 Å². The molecule has 2 nitrogen and oxygen atoms in total. The number of rotatable bonds is 0. The van der Waals surface area contributed by atoms with Crippen molar-refractivity contribution in [2.45, 2.75) is 0 Å². The zero-order valence-electron chi connectivity index (χ0n) is 6.44. The molecule has 0 fully saturated rings. The fourth-order valence-corrected chi connectivity index (χ4v) is 1.06. The van der Waals surface area contributed by atoms with Crippen molar-refractivity contribution in [2.75, 3.05) is 0 Å². The van der Waals surface area contributed by atoms with Gasteiger partial charge < -0.3 is 5.11 Å². The van der Waals surface area contributed by atoms with E-state index in [0.717, 1.165) is 10.9 Å². The highest BCUT2D eigenvalue weighted by atomic mass is 27.0. The molecule has 0 aliphatic carbocycles. The van der Waals surface area contributed by atoms with E-state index in [1.165, 1.54) is 6.20 Å². The van der Waals surface area contributed by atoms with Gasteiger partial charge in [0.25, 0.3) is 0 Å². The largest absolute Gasteiger partial charge is 0.506 e. The molecule has 2 rings (SSSR count). The van der Waals surface area contributed by atoms with Crippen molar-refractivity contribution in [3.8, 4) is 5.75 Å². The van der Waals surface area contributed by atoms with Crippen molar-refractivity contribution < 1.29 is 5.11 Å². The summed E-state index contributed by atoms with van der Waals surface area (Å²) in [5, 5.41) is 10.0. The van der Waals surface area contributed by atoms with Crippen LogP contribution in [-0.4, -0.2) is 27.5 Å². The van der Waals surface area contributed by atoms with Gasteiger partial charge in [0.1, 0.15) is 5.75 Å². The predicted octanol–water partition coefficient (Wildman–Crippen LogP) is 1.56. The van der Waals surface area contributed by atoms with Crippen LogP contribution in [0.15, 0.2) is 36.5 Å². The van der Waals surface area contributed by atoms with Crippen molar-refractivity contribution >= 4 is 28.3 Å². The fourth-order valence-electron chi connectivity index (χ4n) is 1.06. The molecule has 0 amide bonds. The Balaban J connectivity index is 0.000000720. The number of hydrogen-bond acceptors (Lipinski definition) is 2. The third kappa shape index (κ3) is 1.58. The third-order valence-electron chi connectivity index (χ3n) is 1.58. The minimum Gasteiger partial charge on any atom is -0.506 e. The van der Waals surface area contributed by atoms with Crippen molar-refractivity contribution in [3.63, 3.8) is 0 Å². The van der Waals surface area contributed by atoms with Crippen LogP contribution >= 0.6 is 0 Å². The lowest BCUT2D eigenvalue weighted by atomic mass is 10.2. The van der Waals surface area contributed by atoms with Gasteiger partial charge in [0, 0.05) is 22.7 Å². The van der Waals surface area contributed by atoms with Crippen LogP contribution in [0.5, 0.6) is 5.75 Å². The molecule has 1 heterocycles. The number of fused-ring (bicyclic) bond motifs is 1. The average molecular weight is 172 g/mol. The summed E-state index contributed by atoms with van der Waals surface area (Å²) in [5.74, 6) is 0.212. The molecular formula is C9H7AlNO. The SMILES string of the molecule is Oc1cnc2ccccc2c1.[Al]. The standard InChI is InChI=1S/C9H7NO.Al/c11-8-5-7-3-1-2-4-9(7)10-6-8;/h1-6,11H;. The van der Waals surface area contributed by atoms with E-state index in [2.05, 4.69) is 4.98 Å². The molecule has 0 atom stereocenters.